The molecule has 0 saturated carbocycles. The standard InChI is InChI=1S/C15H22N4O3/c20-15(17-9-7-12-4-3-8-16-10-12)11-18-13-5-1-2-6-14(13)19(21)22/h1-2,5-6,12,16,18H,3-4,7-11H2,(H,17,20). The van der Waals surface area contributed by atoms with Crippen molar-refractivity contribution in [3.8, 4) is 0 Å². The number of anilines is 1. The van der Waals surface area contributed by atoms with Crippen LogP contribution in [-0.4, -0.2) is 37.0 Å². The maximum Gasteiger partial charge on any atom is 0.292 e. The predicted octanol–water partition coefficient (Wildman–Crippen LogP) is 1.51. The monoisotopic (exact) mass is 306 g/mol. The molecule has 1 aromatic carbocycles. The summed E-state index contributed by atoms with van der Waals surface area (Å²) in [5.74, 6) is 0.471. The molecular formula is C15H22N4O3. The van der Waals surface area contributed by atoms with E-state index in [0.717, 1.165) is 19.5 Å². The van der Waals surface area contributed by atoms with Gasteiger partial charge in [-0.2, -0.15) is 0 Å². The third kappa shape index (κ3) is 5.00. The molecule has 7 heteroatoms. The van der Waals surface area contributed by atoms with Crippen LogP contribution >= 0.6 is 0 Å². The van der Waals surface area contributed by atoms with Crippen LogP contribution in [0.4, 0.5) is 11.4 Å². The van der Waals surface area contributed by atoms with Gasteiger partial charge >= 0.3 is 0 Å². The van der Waals surface area contributed by atoms with E-state index in [9.17, 15) is 14.9 Å². The zero-order chi connectivity index (χ0) is 15.8. The summed E-state index contributed by atoms with van der Waals surface area (Å²) in [7, 11) is 0. The highest BCUT2D eigenvalue weighted by Gasteiger charge is 2.14. The van der Waals surface area contributed by atoms with Crippen molar-refractivity contribution in [1.82, 2.24) is 10.6 Å². The van der Waals surface area contributed by atoms with E-state index in [4.69, 9.17) is 0 Å². The second-order valence-electron chi connectivity index (χ2n) is 5.48. The summed E-state index contributed by atoms with van der Waals surface area (Å²) in [5, 5.41) is 19.9. The van der Waals surface area contributed by atoms with Crippen LogP contribution in [-0.2, 0) is 4.79 Å². The summed E-state index contributed by atoms with van der Waals surface area (Å²) in [6, 6.07) is 6.31. The molecule has 1 fully saturated rings. The number of benzene rings is 1. The first-order valence-electron chi connectivity index (χ1n) is 7.61. The molecule has 22 heavy (non-hydrogen) atoms. The molecule has 1 aliphatic heterocycles. The summed E-state index contributed by atoms with van der Waals surface area (Å²) >= 11 is 0. The molecule has 3 N–H and O–H groups in total. The van der Waals surface area contributed by atoms with Crippen molar-refractivity contribution in [2.75, 3.05) is 31.5 Å². The third-order valence-electron chi connectivity index (χ3n) is 3.81. The summed E-state index contributed by atoms with van der Waals surface area (Å²) in [4.78, 5) is 22.2. The molecule has 1 aliphatic rings. The van der Waals surface area contributed by atoms with Crippen LogP contribution in [0.5, 0.6) is 0 Å². The lowest BCUT2D eigenvalue weighted by Crippen LogP contribution is -2.35. The number of nitrogens with one attached hydrogen (secondary N) is 3. The highest BCUT2D eigenvalue weighted by Crippen LogP contribution is 2.22. The number of para-hydroxylation sites is 2. The normalized spacial score (nSPS) is 17.7. The van der Waals surface area contributed by atoms with Gasteiger partial charge in [0, 0.05) is 12.6 Å². The van der Waals surface area contributed by atoms with Gasteiger partial charge in [0.15, 0.2) is 0 Å². The Bertz CT molecular complexity index is 515. The molecule has 0 bridgehead atoms. The van der Waals surface area contributed by atoms with Gasteiger partial charge in [-0.25, -0.2) is 0 Å². The Morgan fingerprint density at radius 2 is 2.23 bits per heavy atom. The average Bonchev–Trinajstić information content (AvgIpc) is 2.54. The fourth-order valence-corrected chi connectivity index (χ4v) is 2.61. The average molecular weight is 306 g/mol. The van der Waals surface area contributed by atoms with Crippen LogP contribution in [0.25, 0.3) is 0 Å². The van der Waals surface area contributed by atoms with Gasteiger partial charge in [-0.15, -0.1) is 0 Å². The molecule has 0 spiro atoms. The van der Waals surface area contributed by atoms with Crippen molar-refractivity contribution in [3.05, 3.63) is 34.4 Å². The second kappa shape index (κ2) is 8.33. The first kappa shape index (κ1) is 16.2. The Labute approximate surface area is 129 Å². The molecule has 120 valence electrons. The van der Waals surface area contributed by atoms with Crippen LogP contribution in [0.3, 0.4) is 0 Å². The first-order valence-corrected chi connectivity index (χ1v) is 7.61. The maximum atomic E-state index is 11.8. The lowest BCUT2D eigenvalue weighted by Gasteiger charge is -2.22. The van der Waals surface area contributed by atoms with E-state index in [1.807, 2.05) is 0 Å². The zero-order valence-corrected chi connectivity index (χ0v) is 12.5. The first-order chi connectivity index (χ1) is 10.7. The van der Waals surface area contributed by atoms with Crippen molar-refractivity contribution >= 4 is 17.3 Å². The maximum absolute atomic E-state index is 11.8. The smallest absolute Gasteiger partial charge is 0.292 e. The third-order valence-corrected chi connectivity index (χ3v) is 3.81. The van der Waals surface area contributed by atoms with Crippen LogP contribution in [0.2, 0.25) is 0 Å². The quantitative estimate of drug-likeness (QED) is 0.524. The summed E-state index contributed by atoms with van der Waals surface area (Å²) in [6.45, 7) is 2.78. The van der Waals surface area contributed by atoms with E-state index in [-0.39, 0.29) is 18.1 Å². The second-order valence-corrected chi connectivity index (χ2v) is 5.48. The van der Waals surface area contributed by atoms with Gasteiger partial charge in [0.2, 0.25) is 5.91 Å². The Morgan fingerprint density at radius 3 is 2.95 bits per heavy atom. The van der Waals surface area contributed by atoms with Crippen LogP contribution in [0.15, 0.2) is 24.3 Å². The van der Waals surface area contributed by atoms with Crippen molar-refractivity contribution in [3.63, 3.8) is 0 Å². The van der Waals surface area contributed by atoms with E-state index in [2.05, 4.69) is 16.0 Å². The van der Waals surface area contributed by atoms with Crippen molar-refractivity contribution in [1.29, 1.82) is 0 Å². The van der Waals surface area contributed by atoms with Gasteiger partial charge in [-0.1, -0.05) is 12.1 Å². The molecule has 1 unspecified atom stereocenters. The van der Waals surface area contributed by atoms with Gasteiger partial charge in [0.25, 0.3) is 5.69 Å². The molecule has 1 saturated heterocycles. The largest absolute Gasteiger partial charge is 0.371 e. The van der Waals surface area contributed by atoms with Crippen LogP contribution < -0.4 is 16.0 Å². The Morgan fingerprint density at radius 1 is 1.41 bits per heavy atom. The molecule has 1 amide bonds. The fraction of sp³-hybridized carbons (Fsp3) is 0.533. The van der Waals surface area contributed by atoms with Crippen LogP contribution in [0, 0.1) is 16.0 Å². The number of carbonyl (C=O) groups is 1. The number of nitrogens with zero attached hydrogens (tertiary/aromatic N) is 1. The van der Waals surface area contributed by atoms with Gasteiger partial charge in [0.05, 0.1) is 11.5 Å². The minimum absolute atomic E-state index is 0.0245. The van der Waals surface area contributed by atoms with Gasteiger partial charge in [-0.05, 0) is 44.3 Å². The van der Waals surface area contributed by atoms with E-state index >= 15 is 0 Å². The summed E-state index contributed by atoms with van der Waals surface area (Å²) < 4.78 is 0. The number of hydrogen-bond acceptors (Lipinski definition) is 5. The van der Waals surface area contributed by atoms with E-state index in [1.165, 1.54) is 18.9 Å². The minimum atomic E-state index is -0.462. The van der Waals surface area contributed by atoms with Gasteiger partial charge in [0.1, 0.15) is 5.69 Å². The Balaban J connectivity index is 1.70. The number of carbonyl (C=O) groups excluding carboxylic acids is 1. The molecule has 2 rings (SSSR count). The highest BCUT2D eigenvalue weighted by molar-refractivity contribution is 5.81. The number of nitro benzene ring substituents is 1. The van der Waals surface area contributed by atoms with E-state index in [0.29, 0.717) is 18.2 Å². The van der Waals surface area contributed by atoms with Crippen LogP contribution in [0.1, 0.15) is 19.3 Å². The van der Waals surface area contributed by atoms with Gasteiger partial charge < -0.3 is 16.0 Å². The number of piperidine rings is 1. The summed E-state index contributed by atoms with van der Waals surface area (Å²) in [5.41, 5.74) is 0.336. The van der Waals surface area contributed by atoms with Crippen molar-refractivity contribution in [2.24, 2.45) is 5.92 Å². The van der Waals surface area contributed by atoms with Gasteiger partial charge in [-0.3, -0.25) is 14.9 Å². The number of hydrogen-bond donors (Lipinski definition) is 3. The molecule has 0 radical (unpaired) electrons. The highest BCUT2D eigenvalue weighted by atomic mass is 16.6. The summed E-state index contributed by atoms with van der Waals surface area (Å²) in [6.07, 6.45) is 3.36. The molecule has 0 aliphatic carbocycles. The molecule has 0 aromatic heterocycles. The molecule has 1 heterocycles. The lowest BCUT2D eigenvalue weighted by molar-refractivity contribution is -0.383. The molecular weight excluding hydrogens is 284 g/mol. The predicted molar refractivity (Wildman–Crippen MR) is 84.8 cm³/mol. The van der Waals surface area contributed by atoms with E-state index < -0.39 is 4.92 Å². The van der Waals surface area contributed by atoms with Crippen molar-refractivity contribution < 1.29 is 9.72 Å². The van der Waals surface area contributed by atoms with E-state index in [1.54, 1.807) is 18.2 Å². The lowest BCUT2D eigenvalue weighted by atomic mass is 9.96. The SMILES string of the molecule is O=C(CNc1ccccc1[N+](=O)[O-])NCCC1CCCNC1. The fourth-order valence-electron chi connectivity index (χ4n) is 2.61. The Hall–Kier alpha value is -2.15. The number of rotatable bonds is 7. The topological polar surface area (TPSA) is 96.3 Å². The minimum Gasteiger partial charge on any atom is -0.371 e. The van der Waals surface area contributed by atoms with Crippen molar-refractivity contribution in [2.45, 2.75) is 19.3 Å². The number of amides is 1. The molecule has 1 atom stereocenters. The molecule has 1 aromatic rings. The Kier molecular flexibility index (Phi) is 6.14. The molecule has 7 nitrogen and oxygen atoms in total. The zero-order valence-electron chi connectivity index (χ0n) is 12.5. The number of nitro groups is 1.